The molecular weight excluding hydrogens is 436 g/mol. The van der Waals surface area contributed by atoms with Gasteiger partial charge in [0.25, 0.3) is 5.91 Å². The fourth-order valence-electron chi connectivity index (χ4n) is 3.86. The third-order valence-electron chi connectivity index (χ3n) is 5.84. The van der Waals surface area contributed by atoms with Crippen molar-refractivity contribution in [2.45, 2.75) is 45.6 Å². The van der Waals surface area contributed by atoms with Gasteiger partial charge in [0.2, 0.25) is 0 Å². The van der Waals surface area contributed by atoms with Gasteiger partial charge in [-0.25, -0.2) is 0 Å². The Morgan fingerprint density at radius 1 is 1.00 bits per heavy atom. The van der Waals surface area contributed by atoms with Crippen LogP contribution in [0.5, 0.6) is 5.75 Å². The summed E-state index contributed by atoms with van der Waals surface area (Å²) >= 11 is 6.05. The van der Waals surface area contributed by atoms with Gasteiger partial charge in [0, 0.05) is 29.4 Å². The number of carbonyl (C=O) groups excluding carboxylic acids is 1. The van der Waals surface area contributed by atoms with E-state index in [2.05, 4.69) is 20.4 Å². The molecule has 4 rings (SSSR count). The lowest BCUT2D eigenvalue weighted by Crippen LogP contribution is -2.30. The lowest BCUT2D eigenvalue weighted by atomic mass is 10.1. The quantitative estimate of drug-likeness (QED) is 0.492. The van der Waals surface area contributed by atoms with E-state index in [-0.39, 0.29) is 5.91 Å². The lowest BCUT2D eigenvalue weighted by Gasteiger charge is -2.20. The van der Waals surface area contributed by atoms with E-state index >= 15 is 0 Å². The van der Waals surface area contributed by atoms with Gasteiger partial charge in [-0.3, -0.25) is 4.79 Å². The van der Waals surface area contributed by atoms with Gasteiger partial charge in [0.15, 0.2) is 11.9 Å². The number of hydrogen-bond acceptors (Lipinski definition) is 5. The standard InChI is InChI=1S/C26H29ClN4O2/c1-18-17-22(11-12-23(18)27)33-19(2)26(32)28-21-9-7-20(8-10-21)24-13-14-25(30-29-24)31-15-5-3-4-6-16-31/h7-14,17,19H,3-6,15-16H2,1-2H3,(H,28,32). The zero-order valence-electron chi connectivity index (χ0n) is 19.1. The lowest BCUT2D eigenvalue weighted by molar-refractivity contribution is -0.122. The normalized spacial score (nSPS) is 14.9. The number of anilines is 2. The molecule has 1 amide bonds. The van der Waals surface area contributed by atoms with Gasteiger partial charge in [0.05, 0.1) is 5.69 Å². The maximum atomic E-state index is 12.5. The number of hydrogen-bond donors (Lipinski definition) is 1. The molecule has 2 heterocycles. The summed E-state index contributed by atoms with van der Waals surface area (Å²) in [6.07, 6.45) is 4.34. The number of aromatic nitrogens is 2. The van der Waals surface area contributed by atoms with Gasteiger partial charge < -0.3 is 15.0 Å². The number of benzene rings is 2. The fraction of sp³-hybridized carbons (Fsp3) is 0.346. The van der Waals surface area contributed by atoms with Gasteiger partial charge in [-0.05, 0) is 74.7 Å². The molecule has 1 aliphatic rings. The van der Waals surface area contributed by atoms with Gasteiger partial charge in [0.1, 0.15) is 5.75 Å². The first-order valence-electron chi connectivity index (χ1n) is 11.4. The SMILES string of the molecule is Cc1cc(OC(C)C(=O)Nc2ccc(-c3ccc(N4CCCCCC4)nn3)cc2)ccc1Cl. The van der Waals surface area contributed by atoms with Crippen molar-refractivity contribution in [3.05, 3.63) is 65.2 Å². The fourth-order valence-corrected chi connectivity index (χ4v) is 3.98. The molecular formula is C26H29ClN4O2. The van der Waals surface area contributed by atoms with E-state index < -0.39 is 6.10 Å². The number of nitrogens with zero attached hydrogens (tertiary/aromatic N) is 3. The third kappa shape index (κ3) is 6.02. The number of rotatable bonds is 6. The summed E-state index contributed by atoms with van der Waals surface area (Å²) in [6, 6.07) is 17.0. The zero-order chi connectivity index (χ0) is 23.2. The van der Waals surface area contributed by atoms with Crippen molar-refractivity contribution in [3.8, 4) is 17.0 Å². The summed E-state index contributed by atoms with van der Waals surface area (Å²) < 4.78 is 5.75. The van der Waals surface area contributed by atoms with Crippen LogP contribution in [0, 0.1) is 6.92 Å². The number of carbonyl (C=O) groups is 1. The van der Waals surface area contributed by atoms with Gasteiger partial charge in [-0.15, -0.1) is 10.2 Å². The second-order valence-electron chi connectivity index (χ2n) is 8.42. The van der Waals surface area contributed by atoms with Crippen LogP contribution in [0.3, 0.4) is 0 Å². The Morgan fingerprint density at radius 3 is 2.36 bits per heavy atom. The molecule has 1 fully saturated rings. The summed E-state index contributed by atoms with van der Waals surface area (Å²) in [4.78, 5) is 14.9. The summed E-state index contributed by atoms with van der Waals surface area (Å²) in [5, 5.41) is 12.4. The third-order valence-corrected chi connectivity index (χ3v) is 6.26. The number of aryl methyl sites for hydroxylation is 1. The van der Waals surface area contributed by atoms with Crippen LogP contribution >= 0.6 is 11.6 Å². The highest BCUT2D eigenvalue weighted by atomic mass is 35.5. The minimum absolute atomic E-state index is 0.225. The number of ether oxygens (including phenoxy) is 1. The minimum Gasteiger partial charge on any atom is -0.481 e. The molecule has 1 unspecified atom stereocenters. The highest BCUT2D eigenvalue weighted by Gasteiger charge is 2.16. The second kappa shape index (κ2) is 10.7. The molecule has 7 heteroatoms. The summed E-state index contributed by atoms with van der Waals surface area (Å²) in [5.41, 5.74) is 3.35. The Bertz CT molecular complexity index is 1080. The number of nitrogens with one attached hydrogen (secondary N) is 1. The number of amides is 1. The molecule has 0 spiro atoms. The first-order valence-corrected chi connectivity index (χ1v) is 11.8. The molecule has 3 aromatic rings. The number of halogens is 1. The van der Waals surface area contributed by atoms with Gasteiger partial charge in [-0.1, -0.05) is 36.6 Å². The Hall–Kier alpha value is -3.12. The van der Waals surface area contributed by atoms with Crippen LogP contribution < -0.4 is 15.0 Å². The molecule has 1 saturated heterocycles. The van der Waals surface area contributed by atoms with Crippen molar-refractivity contribution in [3.63, 3.8) is 0 Å². The van der Waals surface area contributed by atoms with Crippen LogP contribution in [0.4, 0.5) is 11.5 Å². The second-order valence-corrected chi connectivity index (χ2v) is 8.82. The molecule has 1 aliphatic heterocycles. The highest BCUT2D eigenvalue weighted by molar-refractivity contribution is 6.31. The van der Waals surface area contributed by atoms with Crippen molar-refractivity contribution in [1.29, 1.82) is 0 Å². The predicted octanol–water partition coefficient (Wildman–Crippen LogP) is 5.89. The van der Waals surface area contributed by atoms with Crippen LogP contribution in [-0.2, 0) is 4.79 Å². The van der Waals surface area contributed by atoms with E-state index in [1.807, 2.05) is 49.4 Å². The van der Waals surface area contributed by atoms with Crippen molar-refractivity contribution in [1.82, 2.24) is 10.2 Å². The van der Waals surface area contributed by atoms with E-state index in [0.717, 1.165) is 35.7 Å². The van der Waals surface area contributed by atoms with E-state index in [0.29, 0.717) is 16.5 Å². The van der Waals surface area contributed by atoms with Crippen LogP contribution in [0.25, 0.3) is 11.3 Å². The van der Waals surface area contributed by atoms with Gasteiger partial charge in [-0.2, -0.15) is 0 Å². The summed E-state index contributed by atoms with van der Waals surface area (Å²) in [5.74, 6) is 1.32. The van der Waals surface area contributed by atoms with E-state index in [1.54, 1.807) is 19.1 Å². The Labute approximate surface area is 199 Å². The van der Waals surface area contributed by atoms with Crippen LogP contribution in [0.15, 0.2) is 54.6 Å². The molecule has 1 aromatic heterocycles. The average Bonchev–Trinajstić information content (AvgIpc) is 3.12. The van der Waals surface area contributed by atoms with E-state index in [1.165, 1.54) is 25.7 Å². The molecule has 6 nitrogen and oxygen atoms in total. The van der Waals surface area contributed by atoms with Crippen LogP contribution in [0.1, 0.15) is 38.2 Å². The first kappa shape index (κ1) is 23.1. The molecule has 0 aliphatic carbocycles. The summed E-state index contributed by atoms with van der Waals surface area (Å²) in [7, 11) is 0. The van der Waals surface area contributed by atoms with Crippen molar-refractivity contribution in [2.24, 2.45) is 0 Å². The Kier molecular flexibility index (Phi) is 7.45. The molecule has 2 aromatic carbocycles. The Morgan fingerprint density at radius 2 is 1.73 bits per heavy atom. The van der Waals surface area contributed by atoms with Gasteiger partial charge >= 0.3 is 0 Å². The smallest absolute Gasteiger partial charge is 0.265 e. The maximum absolute atomic E-state index is 12.5. The Balaban J connectivity index is 1.35. The molecule has 33 heavy (non-hydrogen) atoms. The van der Waals surface area contributed by atoms with Crippen molar-refractivity contribution >= 4 is 29.0 Å². The minimum atomic E-state index is -0.650. The first-order chi connectivity index (χ1) is 16.0. The van der Waals surface area contributed by atoms with Crippen LogP contribution in [0.2, 0.25) is 5.02 Å². The molecule has 0 bridgehead atoms. The average molecular weight is 465 g/mol. The molecule has 1 N–H and O–H groups in total. The van der Waals surface area contributed by atoms with Crippen molar-refractivity contribution in [2.75, 3.05) is 23.3 Å². The summed E-state index contributed by atoms with van der Waals surface area (Å²) in [6.45, 7) is 5.70. The highest BCUT2D eigenvalue weighted by Crippen LogP contribution is 2.24. The maximum Gasteiger partial charge on any atom is 0.265 e. The molecule has 172 valence electrons. The molecule has 0 radical (unpaired) electrons. The topological polar surface area (TPSA) is 67.3 Å². The predicted molar refractivity (Wildman–Crippen MR) is 133 cm³/mol. The van der Waals surface area contributed by atoms with Crippen LogP contribution in [-0.4, -0.2) is 35.3 Å². The monoisotopic (exact) mass is 464 g/mol. The van der Waals surface area contributed by atoms with E-state index in [4.69, 9.17) is 16.3 Å². The zero-order valence-corrected chi connectivity index (χ0v) is 19.8. The van der Waals surface area contributed by atoms with E-state index in [9.17, 15) is 4.79 Å². The molecule has 0 saturated carbocycles. The largest absolute Gasteiger partial charge is 0.481 e. The molecule has 1 atom stereocenters. The van der Waals surface area contributed by atoms with Crippen molar-refractivity contribution < 1.29 is 9.53 Å².